The third-order valence-corrected chi connectivity index (χ3v) is 5.79. The normalized spacial score (nSPS) is 40.6. The summed E-state index contributed by atoms with van der Waals surface area (Å²) >= 11 is 0. The van der Waals surface area contributed by atoms with Crippen LogP contribution in [0.3, 0.4) is 0 Å². The molecule has 2 aliphatic rings. The van der Waals surface area contributed by atoms with E-state index in [1.165, 1.54) is 21.3 Å². The summed E-state index contributed by atoms with van der Waals surface area (Å²) in [6, 6.07) is 0. The maximum Gasteiger partial charge on any atom is 0.366 e. The molecule has 2 aliphatic heterocycles. The average molecular weight is 312 g/mol. The van der Waals surface area contributed by atoms with E-state index in [9.17, 15) is 9.67 Å². The summed E-state index contributed by atoms with van der Waals surface area (Å²) in [6.45, 7) is 3.05. The van der Waals surface area contributed by atoms with E-state index in [0.717, 1.165) is 0 Å². The standard InChI is InChI=1S/C11H21O8P/c1-10(2)18-7-8(19-10)11(12,6-17-9(7)14-3)20(13,15-4)16-5/h7-9,12H,6H2,1-5H3/t7-,8+,9-,11+/m1/s1. The number of rotatable bonds is 4. The molecule has 0 saturated carbocycles. The molecule has 0 bridgehead atoms. The summed E-state index contributed by atoms with van der Waals surface area (Å²) in [6.07, 6.45) is -2.43. The van der Waals surface area contributed by atoms with Gasteiger partial charge in [0.05, 0.1) is 6.61 Å². The highest BCUT2D eigenvalue weighted by Gasteiger charge is 2.67. The summed E-state index contributed by atoms with van der Waals surface area (Å²) in [5.41, 5.74) is 0. The van der Waals surface area contributed by atoms with Gasteiger partial charge in [-0.1, -0.05) is 0 Å². The van der Waals surface area contributed by atoms with Crippen LogP contribution in [0, 0.1) is 0 Å². The summed E-state index contributed by atoms with van der Waals surface area (Å²) in [7, 11) is -0.0203. The Balaban J connectivity index is 2.39. The second kappa shape index (κ2) is 5.30. The van der Waals surface area contributed by atoms with Gasteiger partial charge in [0.15, 0.2) is 12.1 Å². The largest absolute Gasteiger partial charge is 0.374 e. The first-order valence-electron chi connectivity index (χ1n) is 6.17. The van der Waals surface area contributed by atoms with Crippen LogP contribution in [0.15, 0.2) is 0 Å². The minimum atomic E-state index is -3.86. The zero-order chi connectivity index (χ0) is 15.2. The Morgan fingerprint density at radius 2 is 1.80 bits per heavy atom. The van der Waals surface area contributed by atoms with Crippen LogP contribution in [0.25, 0.3) is 0 Å². The van der Waals surface area contributed by atoms with Crippen molar-refractivity contribution in [1.29, 1.82) is 0 Å². The third kappa shape index (κ3) is 2.34. The number of aliphatic hydroxyl groups is 1. The SMILES string of the molecule is CO[C@@H]1OC[C@](O)(P(=O)(OC)OC)[C@H]2OC(C)(C)O[C@@H]12. The van der Waals surface area contributed by atoms with Gasteiger partial charge in [-0.3, -0.25) is 4.57 Å². The first-order valence-corrected chi connectivity index (χ1v) is 7.71. The molecule has 2 heterocycles. The number of methoxy groups -OCH3 is 1. The zero-order valence-corrected chi connectivity index (χ0v) is 13.1. The first-order chi connectivity index (χ1) is 9.23. The predicted octanol–water partition coefficient (Wildman–Crippen LogP) is 0.684. The van der Waals surface area contributed by atoms with Crippen LogP contribution in [-0.4, -0.2) is 62.7 Å². The minimum Gasteiger partial charge on any atom is -0.374 e. The summed E-state index contributed by atoms with van der Waals surface area (Å²) in [5.74, 6) is -0.972. The molecule has 8 nitrogen and oxygen atoms in total. The summed E-state index contributed by atoms with van der Waals surface area (Å²) in [5, 5.41) is 8.84. The minimum absolute atomic E-state index is 0.314. The van der Waals surface area contributed by atoms with Crippen molar-refractivity contribution in [3.05, 3.63) is 0 Å². The number of fused-ring (bicyclic) bond motifs is 1. The van der Waals surface area contributed by atoms with E-state index in [0.29, 0.717) is 0 Å². The van der Waals surface area contributed by atoms with Gasteiger partial charge >= 0.3 is 7.60 Å². The van der Waals surface area contributed by atoms with Gasteiger partial charge in [0.25, 0.3) is 0 Å². The van der Waals surface area contributed by atoms with Crippen LogP contribution in [-0.2, 0) is 32.6 Å². The molecule has 0 aromatic heterocycles. The van der Waals surface area contributed by atoms with Gasteiger partial charge in [-0.15, -0.1) is 0 Å². The van der Waals surface area contributed by atoms with Gasteiger partial charge in [-0.05, 0) is 13.8 Å². The Labute approximate surface area is 117 Å². The van der Waals surface area contributed by atoms with Crippen LogP contribution in [0.4, 0.5) is 0 Å². The molecule has 0 amide bonds. The fourth-order valence-electron chi connectivity index (χ4n) is 2.56. The Kier molecular flexibility index (Phi) is 4.32. The van der Waals surface area contributed by atoms with Crippen LogP contribution >= 0.6 is 7.60 Å². The van der Waals surface area contributed by atoms with Crippen molar-refractivity contribution in [2.75, 3.05) is 27.9 Å². The molecule has 1 N–H and O–H groups in total. The Bertz CT molecular complexity index is 405. The van der Waals surface area contributed by atoms with Crippen molar-refractivity contribution < 1.29 is 37.7 Å². The zero-order valence-electron chi connectivity index (χ0n) is 12.2. The molecule has 20 heavy (non-hydrogen) atoms. The molecule has 0 spiro atoms. The van der Waals surface area contributed by atoms with Crippen molar-refractivity contribution in [1.82, 2.24) is 0 Å². The van der Waals surface area contributed by atoms with Crippen LogP contribution in [0.5, 0.6) is 0 Å². The van der Waals surface area contributed by atoms with Crippen molar-refractivity contribution >= 4 is 7.60 Å². The predicted molar refractivity (Wildman–Crippen MR) is 67.1 cm³/mol. The Morgan fingerprint density at radius 3 is 2.30 bits per heavy atom. The summed E-state index contributed by atoms with van der Waals surface area (Å²) in [4.78, 5) is 0. The molecule has 9 heteroatoms. The fourth-order valence-corrected chi connectivity index (χ4v) is 4.08. The van der Waals surface area contributed by atoms with E-state index in [1.54, 1.807) is 13.8 Å². The molecule has 0 radical (unpaired) electrons. The van der Waals surface area contributed by atoms with Crippen molar-refractivity contribution in [2.24, 2.45) is 0 Å². The van der Waals surface area contributed by atoms with Crippen molar-refractivity contribution in [3.63, 3.8) is 0 Å². The quantitative estimate of drug-likeness (QED) is 0.758. The monoisotopic (exact) mass is 312 g/mol. The van der Waals surface area contributed by atoms with Gasteiger partial charge in [0.1, 0.15) is 12.2 Å². The molecule has 4 atom stereocenters. The highest BCUT2D eigenvalue weighted by Crippen LogP contribution is 2.63. The Morgan fingerprint density at radius 1 is 1.20 bits per heavy atom. The van der Waals surface area contributed by atoms with Crippen LogP contribution < -0.4 is 0 Å². The molecule has 118 valence electrons. The van der Waals surface area contributed by atoms with Gasteiger partial charge in [0.2, 0.25) is 5.34 Å². The number of ether oxygens (including phenoxy) is 4. The molecule has 0 aromatic rings. The van der Waals surface area contributed by atoms with Gasteiger partial charge < -0.3 is 33.1 Å². The molecule has 2 rings (SSSR count). The Hall–Kier alpha value is -0.0500. The van der Waals surface area contributed by atoms with E-state index in [4.69, 9.17) is 28.0 Å². The molecular weight excluding hydrogens is 291 g/mol. The van der Waals surface area contributed by atoms with Gasteiger partial charge in [-0.2, -0.15) is 0 Å². The molecule has 0 unspecified atom stereocenters. The molecular formula is C11H21O8P. The maximum atomic E-state index is 12.6. The van der Waals surface area contributed by atoms with E-state index in [2.05, 4.69) is 0 Å². The van der Waals surface area contributed by atoms with Gasteiger partial charge in [0, 0.05) is 21.3 Å². The smallest absolute Gasteiger partial charge is 0.366 e. The first kappa shape index (κ1) is 16.3. The highest BCUT2D eigenvalue weighted by atomic mass is 31.2. The second-order valence-corrected chi connectivity index (χ2v) is 7.68. The van der Waals surface area contributed by atoms with Crippen molar-refractivity contribution in [2.45, 2.75) is 43.5 Å². The molecule has 0 aliphatic carbocycles. The van der Waals surface area contributed by atoms with Crippen LogP contribution in [0.1, 0.15) is 13.8 Å². The third-order valence-electron chi connectivity index (χ3n) is 3.50. The average Bonchev–Trinajstić information content (AvgIpc) is 2.74. The summed E-state index contributed by atoms with van der Waals surface area (Å²) < 4.78 is 44.3. The van der Waals surface area contributed by atoms with Crippen molar-refractivity contribution in [3.8, 4) is 0 Å². The topological polar surface area (TPSA) is 92.7 Å². The lowest BCUT2D eigenvalue weighted by atomic mass is 10.1. The maximum absolute atomic E-state index is 12.6. The number of hydrogen-bond acceptors (Lipinski definition) is 8. The van der Waals surface area contributed by atoms with E-state index >= 15 is 0 Å². The van der Waals surface area contributed by atoms with Crippen LogP contribution in [0.2, 0.25) is 0 Å². The fraction of sp³-hybridized carbons (Fsp3) is 1.00. The second-order valence-electron chi connectivity index (χ2n) is 5.18. The lowest BCUT2D eigenvalue weighted by Gasteiger charge is -2.43. The van der Waals surface area contributed by atoms with E-state index < -0.39 is 37.2 Å². The highest BCUT2D eigenvalue weighted by molar-refractivity contribution is 7.55. The van der Waals surface area contributed by atoms with E-state index in [-0.39, 0.29) is 6.61 Å². The number of hydrogen-bond donors (Lipinski definition) is 1. The molecule has 0 aromatic carbocycles. The molecule has 2 fully saturated rings. The molecule has 2 saturated heterocycles. The van der Waals surface area contributed by atoms with Gasteiger partial charge in [-0.25, -0.2) is 0 Å². The lowest BCUT2D eigenvalue weighted by Crippen LogP contribution is -2.60. The lowest BCUT2D eigenvalue weighted by molar-refractivity contribution is -0.249. The van der Waals surface area contributed by atoms with E-state index in [1.807, 2.05) is 0 Å².